The van der Waals surface area contributed by atoms with E-state index >= 15 is 0 Å². The fourth-order valence-electron chi connectivity index (χ4n) is 2.55. The molecule has 3 nitrogen and oxygen atoms in total. The van der Waals surface area contributed by atoms with Crippen molar-refractivity contribution in [1.82, 2.24) is 10.2 Å². The molecular formula is C16H24N2OS. The summed E-state index contributed by atoms with van der Waals surface area (Å²) in [5.74, 6) is 0.673. The fourth-order valence-corrected chi connectivity index (χ4v) is 3.28. The molecule has 1 heterocycles. The first-order valence-electron chi connectivity index (χ1n) is 7.47. The molecule has 0 saturated carbocycles. The van der Waals surface area contributed by atoms with Crippen LogP contribution in [0.15, 0.2) is 35.2 Å². The zero-order valence-electron chi connectivity index (χ0n) is 12.2. The minimum atomic E-state index is 0.160. The maximum absolute atomic E-state index is 11.9. The molecule has 1 amide bonds. The van der Waals surface area contributed by atoms with Crippen molar-refractivity contribution in [3.8, 4) is 0 Å². The Labute approximate surface area is 126 Å². The lowest BCUT2D eigenvalue weighted by Crippen LogP contribution is -2.45. The largest absolute Gasteiger partial charge is 0.353 e. The van der Waals surface area contributed by atoms with Crippen LogP contribution in [-0.2, 0) is 4.79 Å². The van der Waals surface area contributed by atoms with Crippen molar-refractivity contribution in [2.75, 3.05) is 25.4 Å². The third-order valence-electron chi connectivity index (χ3n) is 3.61. The van der Waals surface area contributed by atoms with Crippen molar-refractivity contribution < 1.29 is 4.79 Å². The van der Waals surface area contributed by atoms with Crippen molar-refractivity contribution in [1.29, 1.82) is 0 Å². The Kier molecular flexibility index (Phi) is 6.40. The molecule has 4 heteroatoms. The van der Waals surface area contributed by atoms with Gasteiger partial charge >= 0.3 is 0 Å². The molecule has 1 saturated heterocycles. The Balaban J connectivity index is 1.65. The van der Waals surface area contributed by atoms with Gasteiger partial charge in [0, 0.05) is 24.0 Å². The van der Waals surface area contributed by atoms with E-state index in [2.05, 4.69) is 17.1 Å². The quantitative estimate of drug-likeness (QED) is 0.818. The number of rotatable bonds is 6. The predicted octanol–water partition coefficient (Wildman–Crippen LogP) is 2.77. The minimum absolute atomic E-state index is 0.160. The van der Waals surface area contributed by atoms with Crippen LogP contribution < -0.4 is 5.32 Å². The molecule has 1 N–H and O–H groups in total. The van der Waals surface area contributed by atoms with Gasteiger partial charge in [-0.15, -0.1) is 11.8 Å². The molecule has 1 aromatic rings. The first kappa shape index (κ1) is 15.4. The van der Waals surface area contributed by atoms with Crippen LogP contribution in [0, 0.1) is 0 Å². The van der Waals surface area contributed by atoms with Gasteiger partial charge in [-0.2, -0.15) is 0 Å². The van der Waals surface area contributed by atoms with Gasteiger partial charge in [0.1, 0.15) is 0 Å². The molecule has 2 rings (SSSR count). The number of carbonyl (C=O) groups excluding carboxylic acids is 1. The Morgan fingerprint density at radius 2 is 2.00 bits per heavy atom. The zero-order valence-corrected chi connectivity index (χ0v) is 13.0. The maximum Gasteiger partial charge on any atom is 0.230 e. The van der Waals surface area contributed by atoms with Crippen molar-refractivity contribution in [3.05, 3.63) is 30.3 Å². The summed E-state index contributed by atoms with van der Waals surface area (Å²) in [5.41, 5.74) is 0. The average Bonchev–Trinajstić information content (AvgIpc) is 2.49. The van der Waals surface area contributed by atoms with E-state index in [1.807, 2.05) is 30.3 Å². The summed E-state index contributed by atoms with van der Waals surface area (Å²) < 4.78 is 0. The van der Waals surface area contributed by atoms with E-state index < -0.39 is 0 Å². The van der Waals surface area contributed by atoms with Crippen LogP contribution in [0.2, 0.25) is 0 Å². The van der Waals surface area contributed by atoms with Crippen molar-refractivity contribution >= 4 is 17.7 Å². The molecule has 0 radical (unpaired) electrons. The summed E-state index contributed by atoms with van der Waals surface area (Å²) in [7, 11) is 0. The number of amides is 1. The fraction of sp³-hybridized carbons (Fsp3) is 0.562. The number of hydrogen-bond donors (Lipinski definition) is 1. The molecule has 0 unspecified atom stereocenters. The van der Waals surface area contributed by atoms with E-state index in [1.54, 1.807) is 11.8 Å². The van der Waals surface area contributed by atoms with Crippen molar-refractivity contribution in [2.24, 2.45) is 0 Å². The smallest absolute Gasteiger partial charge is 0.230 e. The van der Waals surface area contributed by atoms with Gasteiger partial charge in [-0.1, -0.05) is 25.1 Å². The molecule has 0 spiro atoms. The molecule has 1 aliphatic heterocycles. The van der Waals surface area contributed by atoms with Crippen LogP contribution in [0.1, 0.15) is 26.2 Å². The molecule has 0 aliphatic carbocycles. The van der Waals surface area contributed by atoms with E-state index in [0.717, 1.165) is 30.8 Å². The number of benzene rings is 1. The average molecular weight is 292 g/mol. The zero-order chi connectivity index (χ0) is 14.2. The van der Waals surface area contributed by atoms with E-state index in [4.69, 9.17) is 0 Å². The number of piperidine rings is 1. The highest BCUT2D eigenvalue weighted by atomic mass is 32.2. The summed E-state index contributed by atoms with van der Waals surface area (Å²) in [6.45, 7) is 5.63. The van der Waals surface area contributed by atoms with Gasteiger partial charge in [0.2, 0.25) is 5.91 Å². The second-order valence-corrected chi connectivity index (χ2v) is 6.33. The summed E-state index contributed by atoms with van der Waals surface area (Å²) >= 11 is 1.60. The number of nitrogens with zero attached hydrogens (tertiary/aromatic N) is 1. The predicted molar refractivity (Wildman–Crippen MR) is 85.1 cm³/mol. The number of carbonyl (C=O) groups is 1. The molecule has 20 heavy (non-hydrogen) atoms. The van der Waals surface area contributed by atoms with E-state index in [1.165, 1.54) is 13.0 Å². The van der Waals surface area contributed by atoms with Gasteiger partial charge < -0.3 is 10.2 Å². The summed E-state index contributed by atoms with van der Waals surface area (Å²) in [6.07, 6.45) is 3.38. The Morgan fingerprint density at radius 1 is 1.30 bits per heavy atom. The summed E-state index contributed by atoms with van der Waals surface area (Å²) in [5, 5.41) is 3.17. The second-order valence-electron chi connectivity index (χ2n) is 5.29. The van der Waals surface area contributed by atoms with Crippen LogP contribution in [0.25, 0.3) is 0 Å². The molecule has 1 aromatic carbocycles. The number of thioether (sulfide) groups is 1. The summed E-state index contributed by atoms with van der Waals surface area (Å²) in [4.78, 5) is 15.6. The normalized spacial score (nSPS) is 17.1. The number of hydrogen-bond acceptors (Lipinski definition) is 3. The van der Waals surface area contributed by atoms with Crippen LogP contribution in [-0.4, -0.2) is 42.2 Å². The van der Waals surface area contributed by atoms with Crippen LogP contribution >= 0.6 is 11.8 Å². The molecule has 1 aliphatic rings. The van der Waals surface area contributed by atoms with Crippen LogP contribution in [0.3, 0.4) is 0 Å². The standard InChI is InChI=1S/C16H24N2OS/c1-2-10-18-11-8-14(9-12-18)17-16(19)13-20-15-6-4-3-5-7-15/h3-7,14H,2,8-13H2,1H3,(H,17,19). The van der Waals surface area contributed by atoms with Crippen LogP contribution in [0.5, 0.6) is 0 Å². The van der Waals surface area contributed by atoms with E-state index in [9.17, 15) is 4.79 Å². The first-order valence-corrected chi connectivity index (χ1v) is 8.46. The highest BCUT2D eigenvalue weighted by Gasteiger charge is 2.19. The van der Waals surface area contributed by atoms with Gasteiger partial charge in [-0.3, -0.25) is 4.79 Å². The van der Waals surface area contributed by atoms with Crippen LogP contribution in [0.4, 0.5) is 0 Å². The second kappa shape index (κ2) is 8.32. The lowest BCUT2D eigenvalue weighted by atomic mass is 10.1. The van der Waals surface area contributed by atoms with Crippen molar-refractivity contribution in [3.63, 3.8) is 0 Å². The molecule has 0 bridgehead atoms. The summed E-state index contributed by atoms with van der Waals surface area (Å²) in [6, 6.07) is 10.5. The van der Waals surface area contributed by atoms with Gasteiger partial charge in [0.15, 0.2) is 0 Å². The molecule has 0 aromatic heterocycles. The number of nitrogens with one attached hydrogen (secondary N) is 1. The van der Waals surface area contributed by atoms with Gasteiger partial charge in [-0.25, -0.2) is 0 Å². The lowest BCUT2D eigenvalue weighted by molar-refractivity contribution is -0.119. The molecule has 0 atom stereocenters. The van der Waals surface area contributed by atoms with Crippen molar-refractivity contribution in [2.45, 2.75) is 37.1 Å². The Bertz CT molecular complexity index is 402. The Hall–Kier alpha value is -1.00. The number of likely N-dealkylation sites (tertiary alicyclic amines) is 1. The molecule has 110 valence electrons. The van der Waals surface area contributed by atoms with E-state index in [0.29, 0.717) is 11.8 Å². The first-order chi connectivity index (χ1) is 9.78. The minimum Gasteiger partial charge on any atom is -0.353 e. The lowest BCUT2D eigenvalue weighted by Gasteiger charge is -2.32. The van der Waals surface area contributed by atoms with Gasteiger partial charge in [0.25, 0.3) is 0 Å². The third-order valence-corrected chi connectivity index (χ3v) is 4.62. The van der Waals surface area contributed by atoms with E-state index in [-0.39, 0.29) is 5.91 Å². The third kappa shape index (κ3) is 5.17. The Morgan fingerprint density at radius 3 is 2.65 bits per heavy atom. The highest BCUT2D eigenvalue weighted by Crippen LogP contribution is 2.17. The van der Waals surface area contributed by atoms with Gasteiger partial charge in [0.05, 0.1) is 5.75 Å². The topological polar surface area (TPSA) is 32.3 Å². The molecule has 1 fully saturated rings. The van der Waals surface area contributed by atoms with Gasteiger partial charge in [-0.05, 0) is 37.9 Å². The monoisotopic (exact) mass is 292 g/mol. The SMILES string of the molecule is CCCN1CCC(NC(=O)CSc2ccccc2)CC1. The highest BCUT2D eigenvalue weighted by molar-refractivity contribution is 8.00. The molecular weight excluding hydrogens is 268 g/mol. The maximum atomic E-state index is 11.9.